The van der Waals surface area contributed by atoms with Crippen molar-refractivity contribution in [2.75, 3.05) is 5.32 Å². The van der Waals surface area contributed by atoms with Crippen molar-refractivity contribution in [1.82, 2.24) is 10.3 Å². The molecule has 1 aromatic carbocycles. The van der Waals surface area contributed by atoms with Crippen LogP contribution in [0.4, 0.5) is 5.69 Å². The first-order valence-corrected chi connectivity index (χ1v) is 5.30. The highest BCUT2D eigenvalue weighted by molar-refractivity contribution is 6.30. The van der Waals surface area contributed by atoms with Crippen molar-refractivity contribution in [3.05, 3.63) is 40.2 Å². The van der Waals surface area contributed by atoms with Gasteiger partial charge in [0.05, 0.1) is 17.8 Å². The van der Waals surface area contributed by atoms with Crippen LogP contribution in [0.3, 0.4) is 0 Å². The Morgan fingerprint density at radius 2 is 2.29 bits per heavy atom. The molecular formula is C11H9ClN4O. The fraction of sp³-hybridized carbons (Fsp3) is 0.182. The van der Waals surface area contributed by atoms with Crippen molar-refractivity contribution in [2.45, 2.75) is 13.5 Å². The molecule has 2 rings (SSSR count). The van der Waals surface area contributed by atoms with Crippen LogP contribution in [-0.4, -0.2) is 10.3 Å². The summed E-state index contributed by atoms with van der Waals surface area (Å²) in [4.78, 5) is 0. The highest BCUT2D eigenvalue weighted by atomic mass is 35.5. The van der Waals surface area contributed by atoms with E-state index in [-0.39, 0.29) is 0 Å². The molecule has 0 aliphatic rings. The van der Waals surface area contributed by atoms with Crippen molar-refractivity contribution in [3.63, 3.8) is 0 Å². The van der Waals surface area contributed by atoms with Crippen LogP contribution in [0.15, 0.2) is 22.8 Å². The molecule has 1 aromatic heterocycles. The quantitative estimate of drug-likeness (QED) is 0.903. The normalized spacial score (nSPS) is 9.94. The highest BCUT2D eigenvalue weighted by Gasteiger charge is 2.07. The van der Waals surface area contributed by atoms with Crippen LogP contribution < -0.4 is 5.32 Å². The largest absolute Gasteiger partial charge is 0.378 e. The van der Waals surface area contributed by atoms with Crippen LogP contribution >= 0.6 is 11.6 Å². The lowest BCUT2D eigenvalue weighted by Crippen LogP contribution is -2.03. The molecule has 0 amide bonds. The summed E-state index contributed by atoms with van der Waals surface area (Å²) in [7, 11) is 0. The Hall–Kier alpha value is -2.06. The third kappa shape index (κ3) is 2.55. The number of nitriles is 1. The van der Waals surface area contributed by atoms with E-state index in [0.717, 1.165) is 5.69 Å². The van der Waals surface area contributed by atoms with Crippen LogP contribution in [0.2, 0.25) is 5.02 Å². The smallest absolute Gasteiger partial charge is 0.127 e. The minimum atomic E-state index is 0.435. The lowest BCUT2D eigenvalue weighted by atomic mass is 10.2. The maximum Gasteiger partial charge on any atom is 0.127 e. The number of rotatable bonds is 3. The summed E-state index contributed by atoms with van der Waals surface area (Å²) in [5, 5.41) is 20.0. The van der Waals surface area contributed by atoms with E-state index in [0.29, 0.717) is 28.5 Å². The zero-order chi connectivity index (χ0) is 12.3. The Bertz CT molecular complexity index is 573. The predicted octanol–water partition coefficient (Wildman–Crippen LogP) is 2.52. The van der Waals surface area contributed by atoms with Gasteiger partial charge >= 0.3 is 0 Å². The minimum absolute atomic E-state index is 0.435. The van der Waals surface area contributed by atoms with Gasteiger partial charge < -0.3 is 5.32 Å². The van der Waals surface area contributed by atoms with Gasteiger partial charge in [-0.25, -0.2) is 4.63 Å². The van der Waals surface area contributed by atoms with E-state index in [4.69, 9.17) is 16.9 Å². The summed E-state index contributed by atoms with van der Waals surface area (Å²) in [5.41, 5.74) is 2.62. The fourth-order valence-corrected chi connectivity index (χ4v) is 1.52. The van der Waals surface area contributed by atoms with Crippen LogP contribution in [0.5, 0.6) is 0 Å². The monoisotopic (exact) mass is 248 g/mol. The first-order chi connectivity index (χ1) is 8.20. The van der Waals surface area contributed by atoms with Gasteiger partial charge in [0.15, 0.2) is 0 Å². The van der Waals surface area contributed by atoms with Crippen LogP contribution in [0.25, 0.3) is 0 Å². The number of benzene rings is 1. The lowest BCUT2D eigenvalue weighted by molar-refractivity contribution is 0.301. The van der Waals surface area contributed by atoms with E-state index in [2.05, 4.69) is 26.3 Å². The van der Waals surface area contributed by atoms with E-state index in [9.17, 15) is 0 Å². The molecule has 0 radical (unpaired) electrons. The topological polar surface area (TPSA) is 74.7 Å². The molecule has 1 N–H and O–H groups in total. The molecule has 0 saturated heterocycles. The van der Waals surface area contributed by atoms with Crippen LogP contribution in [0, 0.1) is 18.3 Å². The Kier molecular flexibility index (Phi) is 3.26. The van der Waals surface area contributed by atoms with Gasteiger partial charge in [0.1, 0.15) is 17.5 Å². The van der Waals surface area contributed by atoms with Crippen molar-refractivity contribution in [2.24, 2.45) is 0 Å². The second kappa shape index (κ2) is 4.85. The molecule has 17 heavy (non-hydrogen) atoms. The summed E-state index contributed by atoms with van der Waals surface area (Å²) in [5.74, 6) is 0. The molecule has 0 spiro atoms. The molecule has 0 fully saturated rings. The number of nitrogens with zero attached hydrogens (tertiary/aromatic N) is 3. The highest BCUT2D eigenvalue weighted by Crippen LogP contribution is 2.21. The number of hydrogen-bond donors (Lipinski definition) is 1. The van der Waals surface area contributed by atoms with E-state index in [1.807, 2.05) is 0 Å². The van der Waals surface area contributed by atoms with Gasteiger partial charge in [0.25, 0.3) is 0 Å². The Morgan fingerprint density at radius 1 is 1.47 bits per heavy atom. The number of aryl methyl sites for hydroxylation is 1. The van der Waals surface area contributed by atoms with Gasteiger partial charge in [-0.1, -0.05) is 21.9 Å². The second-order valence-electron chi connectivity index (χ2n) is 3.45. The minimum Gasteiger partial charge on any atom is -0.378 e. The number of hydrogen-bond acceptors (Lipinski definition) is 5. The number of nitrogens with one attached hydrogen (secondary N) is 1. The predicted molar refractivity (Wildman–Crippen MR) is 62.5 cm³/mol. The maximum absolute atomic E-state index is 8.94. The zero-order valence-electron chi connectivity index (χ0n) is 9.07. The van der Waals surface area contributed by atoms with Crippen molar-refractivity contribution >= 4 is 17.3 Å². The standard InChI is InChI=1S/C11H9ClN4O/c1-7-11(16-17-15-7)6-14-10-4-9(12)3-2-8(10)5-13/h2-4,14H,6H2,1H3. The van der Waals surface area contributed by atoms with Gasteiger partial charge in [-0.15, -0.1) is 0 Å². The maximum atomic E-state index is 8.94. The van der Waals surface area contributed by atoms with E-state index in [1.54, 1.807) is 25.1 Å². The number of anilines is 1. The van der Waals surface area contributed by atoms with Crippen LogP contribution in [0.1, 0.15) is 17.0 Å². The zero-order valence-corrected chi connectivity index (χ0v) is 9.82. The Labute approximate surface area is 103 Å². The average molecular weight is 249 g/mol. The SMILES string of the molecule is Cc1nonc1CNc1cc(Cl)ccc1C#N. The summed E-state index contributed by atoms with van der Waals surface area (Å²) in [6.45, 7) is 2.24. The van der Waals surface area contributed by atoms with Gasteiger partial charge in [-0.05, 0) is 25.1 Å². The molecule has 86 valence electrons. The van der Waals surface area contributed by atoms with Crippen molar-refractivity contribution in [3.8, 4) is 6.07 Å². The molecule has 5 nitrogen and oxygen atoms in total. The molecule has 1 heterocycles. The summed E-state index contributed by atoms with van der Waals surface area (Å²) < 4.78 is 4.58. The van der Waals surface area contributed by atoms with E-state index >= 15 is 0 Å². The molecule has 0 aliphatic heterocycles. The lowest BCUT2D eigenvalue weighted by Gasteiger charge is -2.06. The first-order valence-electron chi connectivity index (χ1n) is 4.92. The van der Waals surface area contributed by atoms with Gasteiger partial charge in [-0.2, -0.15) is 5.26 Å². The molecule has 0 atom stereocenters. The second-order valence-corrected chi connectivity index (χ2v) is 3.89. The summed E-state index contributed by atoms with van der Waals surface area (Å²) in [6.07, 6.45) is 0. The van der Waals surface area contributed by atoms with Gasteiger partial charge in [0, 0.05) is 5.02 Å². The molecule has 0 aliphatic carbocycles. The molecule has 6 heteroatoms. The third-order valence-electron chi connectivity index (χ3n) is 2.29. The van der Waals surface area contributed by atoms with Crippen molar-refractivity contribution < 1.29 is 4.63 Å². The van der Waals surface area contributed by atoms with E-state index < -0.39 is 0 Å². The fourth-order valence-electron chi connectivity index (χ4n) is 1.35. The molecular weight excluding hydrogens is 240 g/mol. The Morgan fingerprint density at radius 3 is 2.94 bits per heavy atom. The van der Waals surface area contributed by atoms with Gasteiger partial charge in [-0.3, -0.25) is 0 Å². The molecule has 0 saturated carbocycles. The van der Waals surface area contributed by atoms with Crippen molar-refractivity contribution in [1.29, 1.82) is 5.26 Å². The Balaban J connectivity index is 2.17. The average Bonchev–Trinajstić information content (AvgIpc) is 2.72. The first kappa shape index (κ1) is 11.4. The molecule has 2 aromatic rings. The summed E-state index contributed by atoms with van der Waals surface area (Å²) in [6, 6.07) is 7.12. The van der Waals surface area contributed by atoms with Crippen LogP contribution in [-0.2, 0) is 6.54 Å². The molecule has 0 unspecified atom stereocenters. The number of aromatic nitrogens is 2. The third-order valence-corrected chi connectivity index (χ3v) is 2.53. The molecule has 0 bridgehead atoms. The van der Waals surface area contributed by atoms with Gasteiger partial charge in [0.2, 0.25) is 0 Å². The van der Waals surface area contributed by atoms with E-state index in [1.165, 1.54) is 0 Å². The number of halogens is 1. The summed E-state index contributed by atoms with van der Waals surface area (Å²) >= 11 is 5.87.